The Morgan fingerprint density at radius 3 is 2.43 bits per heavy atom. The second-order valence-corrected chi connectivity index (χ2v) is 6.23. The third-order valence-electron chi connectivity index (χ3n) is 4.12. The van der Waals surface area contributed by atoms with Crippen LogP contribution in [-0.2, 0) is 6.54 Å². The van der Waals surface area contributed by atoms with Crippen molar-refractivity contribution in [1.29, 1.82) is 0 Å². The Balaban J connectivity index is 1.89. The lowest BCUT2D eigenvalue weighted by molar-refractivity contribution is 0.625. The normalized spacial score (nSPS) is 14.7. The molecule has 0 spiro atoms. The molecule has 2 heteroatoms. The third kappa shape index (κ3) is 3.51. The van der Waals surface area contributed by atoms with Crippen molar-refractivity contribution in [3.8, 4) is 11.1 Å². The van der Waals surface area contributed by atoms with Crippen molar-refractivity contribution in [2.75, 3.05) is 0 Å². The predicted molar refractivity (Wildman–Crippen MR) is 85.8 cm³/mol. The monoisotopic (exact) mass is 283 g/mol. The quantitative estimate of drug-likeness (QED) is 0.825. The predicted octanol–water partition coefficient (Wildman–Crippen LogP) is 4.87. The van der Waals surface area contributed by atoms with E-state index < -0.39 is 0 Å². The summed E-state index contributed by atoms with van der Waals surface area (Å²) in [7, 11) is 0. The molecular formula is C19H22FN. The standard InChI is InChI=1S/C19H22FN/c1-13(2)14-3-5-15(6-4-14)19-11-17(20)8-7-16(19)12-21-18-9-10-18/h3-8,11,13,18,21H,9-10,12H2,1-2H3. The lowest BCUT2D eigenvalue weighted by Crippen LogP contribution is -2.15. The molecule has 1 aliphatic carbocycles. The largest absolute Gasteiger partial charge is 0.310 e. The number of hydrogen-bond donors (Lipinski definition) is 1. The number of nitrogens with one attached hydrogen (secondary N) is 1. The topological polar surface area (TPSA) is 12.0 Å². The third-order valence-corrected chi connectivity index (χ3v) is 4.12. The Morgan fingerprint density at radius 2 is 1.81 bits per heavy atom. The smallest absolute Gasteiger partial charge is 0.123 e. The first-order chi connectivity index (χ1) is 10.1. The fraction of sp³-hybridized carbons (Fsp3) is 0.368. The van der Waals surface area contributed by atoms with E-state index in [1.54, 1.807) is 12.1 Å². The first-order valence-corrected chi connectivity index (χ1v) is 7.75. The summed E-state index contributed by atoms with van der Waals surface area (Å²) in [5.41, 5.74) is 4.57. The molecule has 0 unspecified atom stereocenters. The van der Waals surface area contributed by atoms with Crippen LogP contribution in [0.15, 0.2) is 42.5 Å². The zero-order valence-corrected chi connectivity index (χ0v) is 12.7. The average molecular weight is 283 g/mol. The van der Waals surface area contributed by atoms with Gasteiger partial charge in [-0.1, -0.05) is 44.2 Å². The van der Waals surface area contributed by atoms with Crippen LogP contribution in [0.4, 0.5) is 4.39 Å². The van der Waals surface area contributed by atoms with E-state index in [2.05, 4.69) is 43.4 Å². The Bertz CT molecular complexity index is 612. The molecule has 1 aliphatic rings. The molecule has 0 heterocycles. The lowest BCUT2D eigenvalue weighted by Gasteiger charge is -2.12. The Hall–Kier alpha value is -1.67. The van der Waals surface area contributed by atoms with Crippen LogP contribution in [0.3, 0.4) is 0 Å². The number of hydrogen-bond acceptors (Lipinski definition) is 1. The van der Waals surface area contributed by atoms with Crippen LogP contribution >= 0.6 is 0 Å². The summed E-state index contributed by atoms with van der Waals surface area (Å²) in [4.78, 5) is 0. The summed E-state index contributed by atoms with van der Waals surface area (Å²) < 4.78 is 13.6. The summed E-state index contributed by atoms with van der Waals surface area (Å²) >= 11 is 0. The summed E-state index contributed by atoms with van der Waals surface area (Å²) in [5.74, 6) is 0.343. The first kappa shape index (κ1) is 14.3. The molecule has 21 heavy (non-hydrogen) atoms. The molecular weight excluding hydrogens is 261 g/mol. The average Bonchev–Trinajstić information content (AvgIpc) is 3.30. The van der Waals surface area contributed by atoms with E-state index in [-0.39, 0.29) is 5.82 Å². The van der Waals surface area contributed by atoms with E-state index in [0.717, 1.165) is 17.7 Å². The molecule has 0 atom stereocenters. The molecule has 3 rings (SSSR count). The summed E-state index contributed by atoms with van der Waals surface area (Å²) in [6, 6.07) is 14.2. The Labute approximate surface area is 126 Å². The molecule has 0 radical (unpaired) electrons. The van der Waals surface area contributed by atoms with Crippen LogP contribution < -0.4 is 5.32 Å². The van der Waals surface area contributed by atoms with Crippen molar-refractivity contribution in [2.45, 2.75) is 45.2 Å². The minimum Gasteiger partial charge on any atom is -0.310 e. The van der Waals surface area contributed by atoms with Gasteiger partial charge in [-0.3, -0.25) is 0 Å². The van der Waals surface area contributed by atoms with Gasteiger partial charge >= 0.3 is 0 Å². The molecule has 110 valence electrons. The van der Waals surface area contributed by atoms with E-state index in [1.165, 1.54) is 24.0 Å². The van der Waals surface area contributed by atoms with Gasteiger partial charge in [0.1, 0.15) is 5.82 Å². The number of halogens is 1. The molecule has 2 aromatic carbocycles. The zero-order chi connectivity index (χ0) is 14.8. The highest BCUT2D eigenvalue weighted by Crippen LogP contribution is 2.28. The van der Waals surface area contributed by atoms with Gasteiger partial charge in [0.15, 0.2) is 0 Å². The summed E-state index contributed by atoms with van der Waals surface area (Å²) in [5, 5.41) is 3.51. The van der Waals surface area contributed by atoms with Gasteiger partial charge in [-0.15, -0.1) is 0 Å². The zero-order valence-electron chi connectivity index (χ0n) is 12.7. The maximum atomic E-state index is 13.6. The summed E-state index contributed by atoms with van der Waals surface area (Å²) in [6.07, 6.45) is 2.53. The maximum Gasteiger partial charge on any atom is 0.123 e. The highest BCUT2D eigenvalue weighted by atomic mass is 19.1. The van der Waals surface area contributed by atoms with Crippen molar-refractivity contribution < 1.29 is 4.39 Å². The van der Waals surface area contributed by atoms with E-state index in [9.17, 15) is 4.39 Å². The summed E-state index contributed by atoms with van der Waals surface area (Å²) in [6.45, 7) is 5.18. The van der Waals surface area contributed by atoms with Crippen molar-refractivity contribution in [3.05, 3.63) is 59.4 Å². The number of benzene rings is 2. The van der Waals surface area contributed by atoms with Gasteiger partial charge in [0.2, 0.25) is 0 Å². The second-order valence-electron chi connectivity index (χ2n) is 6.23. The lowest BCUT2D eigenvalue weighted by atomic mass is 9.96. The van der Waals surface area contributed by atoms with Gasteiger partial charge in [0.05, 0.1) is 0 Å². The van der Waals surface area contributed by atoms with E-state index >= 15 is 0 Å². The highest BCUT2D eigenvalue weighted by molar-refractivity contribution is 5.67. The fourth-order valence-electron chi connectivity index (χ4n) is 2.56. The van der Waals surface area contributed by atoms with E-state index in [1.807, 2.05) is 6.07 Å². The van der Waals surface area contributed by atoms with E-state index in [0.29, 0.717) is 12.0 Å². The van der Waals surface area contributed by atoms with Crippen LogP contribution in [-0.4, -0.2) is 6.04 Å². The van der Waals surface area contributed by atoms with Gasteiger partial charge in [-0.2, -0.15) is 0 Å². The fourth-order valence-corrected chi connectivity index (χ4v) is 2.56. The molecule has 1 saturated carbocycles. The van der Waals surface area contributed by atoms with Gasteiger partial charge in [0.25, 0.3) is 0 Å². The van der Waals surface area contributed by atoms with Gasteiger partial charge in [-0.25, -0.2) is 4.39 Å². The second kappa shape index (κ2) is 5.98. The number of rotatable bonds is 5. The van der Waals surface area contributed by atoms with Crippen molar-refractivity contribution in [3.63, 3.8) is 0 Å². The van der Waals surface area contributed by atoms with Crippen LogP contribution in [0.5, 0.6) is 0 Å². The Kier molecular flexibility index (Phi) is 4.07. The molecule has 0 aromatic heterocycles. The molecule has 0 bridgehead atoms. The molecule has 1 N–H and O–H groups in total. The Morgan fingerprint density at radius 1 is 1.10 bits per heavy atom. The molecule has 1 fully saturated rings. The van der Waals surface area contributed by atoms with Crippen molar-refractivity contribution >= 4 is 0 Å². The van der Waals surface area contributed by atoms with Crippen LogP contribution in [0.2, 0.25) is 0 Å². The SMILES string of the molecule is CC(C)c1ccc(-c2cc(F)ccc2CNC2CC2)cc1. The molecule has 1 nitrogen and oxygen atoms in total. The van der Waals surface area contributed by atoms with Gasteiger partial charge < -0.3 is 5.32 Å². The highest BCUT2D eigenvalue weighted by Gasteiger charge is 2.20. The minimum absolute atomic E-state index is 0.173. The van der Waals surface area contributed by atoms with Crippen molar-refractivity contribution in [1.82, 2.24) is 5.32 Å². The van der Waals surface area contributed by atoms with Gasteiger partial charge in [-0.05, 0) is 53.1 Å². The molecule has 0 amide bonds. The van der Waals surface area contributed by atoms with Crippen LogP contribution in [0.1, 0.15) is 43.7 Å². The van der Waals surface area contributed by atoms with E-state index in [4.69, 9.17) is 0 Å². The van der Waals surface area contributed by atoms with Gasteiger partial charge in [0, 0.05) is 12.6 Å². The van der Waals surface area contributed by atoms with Crippen molar-refractivity contribution in [2.24, 2.45) is 0 Å². The van der Waals surface area contributed by atoms with Crippen LogP contribution in [0.25, 0.3) is 11.1 Å². The molecule has 2 aromatic rings. The molecule has 0 aliphatic heterocycles. The maximum absolute atomic E-state index is 13.6. The van der Waals surface area contributed by atoms with Crippen LogP contribution in [0, 0.1) is 5.82 Å². The first-order valence-electron chi connectivity index (χ1n) is 7.75. The molecule has 0 saturated heterocycles. The minimum atomic E-state index is -0.173.